The van der Waals surface area contributed by atoms with Gasteiger partial charge < -0.3 is 10.2 Å². The molecule has 3 fully saturated rings. The van der Waals surface area contributed by atoms with E-state index in [4.69, 9.17) is 9.39 Å². The summed E-state index contributed by atoms with van der Waals surface area (Å²) in [7, 11) is -4.83. The summed E-state index contributed by atoms with van der Waals surface area (Å²) in [6.45, 7) is 0.375. The minimum absolute atomic E-state index is 0.0932. The van der Waals surface area contributed by atoms with Gasteiger partial charge in [0.1, 0.15) is 12.1 Å². The maximum absolute atomic E-state index is 12.2. The number of piperidine rings is 1. The van der Waals surface area contributed by atoms with E-state index in [1.165, 1.54) is 0 Å². The Morgan fingerprint density at radius 1 is 1.33 bits per heavy atom. The van der Waals surface area contributed by atoms with Crippen LogP contribution in [0.4, 0.5) is 4.79 Å². The lowest BCUT2D eigenvalue weighted by Crippen LogP contribution is -2.50. The Hall–Kier alpha value is -1.96. The monoisotopic (exact) mass is 364 g/mol. The first kappa shape index (κ1) is 16.9. The average molecular weight is 364 g/mol. The minimum atomic E-state index is -4.83. The first-order chi connectivity index (χ1) is 11.2. The maximum Gasteiger partial charge on any atom is 0.418 e. The highest BCUT2D eigenvalue weighted by atomic mass is 32.3. The maximum atomic E-state index is 12.2. The van der Waals surface area contributed by atoms with E-state index in [2.05, 4.69) is 15.1 Å². The molecule has 0 aromatic heterocycles. The molecule has 0 spiro atoms. The molecule has 2 bridgehead atoms. The van der Waals surface area contributed by atoms with Crippen LogP contribution in [0.1, 0.15) is 19.3 Å². The highest BCUT2D eigenvalue weighted by Gasteiger charge is 2.49. The van der Waals surface area contributed by atoms with E-state index in [1.807, 2.05) is 0 Å². The van der Waals surface area contributed by atoms with Gasteiger partial charge >= 0.3 is 16.4 Å². The first-order valence-electron chi connectivity index (χ1n) is 7.23. The molecule has 0 aromatic carbocycles. The molecule has 3 aliphatic rings. The highest BCUT2D eigenvalue weighted by Crippen LogP contribution is 2.30. The second kappa shape index (κ2) is 6.16. The summed E-state index contributed by atoms with van der Waals surface area (Å²) in [6.07, 6.45) is 0.246. The largest absolute Gasteiger partial charge is 0.418 e. The summed E-state index contributed by atoms with van der Waals surface area (Å²) in [5.74, 6) is -0.752. The van der Waals surface area contributed by atoms with Crippen molar-refractivity contribution in [1.82, 2.24) is 20.8 Å². The molecule has 12 nitrogen and oxygen atoms in total. The standard InChI is InChI=1S/C11H16N4O8S/c16-9-3-7(4-12-9)22-13-10(17)8-2-1-6-5-14(8)11(18)15(6)23-24(19,20)21/h6-8H,1-5H2,(H,12,16)(H,13,17)(H,19,20,21)/t6?,7?,8-/m0/s1. The van der Waals surface area contributed by atoms with Gasteiger partial charge in [-0.25, -0.2) is 10.3 Å². The van der Waals surface area contributed by atoms with Crippen molar-refractivity contribution in [2.75, 3.05) is 13.1 Å². The van der Waals surface area contributed by atoms with E-state index in [-0.39, 0.29) is 31.8 Å². The van der Waals surface area contributed by atoms with Crippen LogP contribution >= 0.6 is 0 Å². The lowest BCUT2D eigenvalue weighted by Gasteiger charge is -2.29. The molecule has 3 saturated heterocycles. The van der Waals surface area contributed by atoms with Crippen molar-refractivity contribution in [2.45, 2.75) is 37.5 Å². The van der Waals surface area contributed by atoms with Crippen LogP contribution in [0.15, 0.2) is 0 Å². The number of rotatable bonds is 5. The van der Waals surface area contributed by atoms with Gasteiger partial charge in [-0.3, -0.25) is 19.0 Å². The van der Waals surface area contributed by atoms with Crippen LogP contribution in [-0.4, -0.2) is 72.1 Å². The summed E-state index contributed by atoms with van der Waals surface area (Å²) in [6, 6.07) is -2.25. The summed E-state index contributed by atoms with van der Waals surface area (Å²) in [5.41, 5.74) is 2.23. The molecule has 3 heterocycles. The Balaban J connectivity index is 1.59. The normalized spacial score (nSPS) is 29.8. The van der Waals surface area contributed by atoms with Crippen molar-refractivity contribution in [2.24, 2.45) is 0 Å². The Kier molecular flexibility index (Phi) is 4.33. The van der Waals surface area contributed by atoms with Crippen LogP contribution in [0.5, 0.6) is 0 Å². The van der Waals surface area contributed by atoms with Crippen LogP contribution < -0.4 is 10.8 Å². The van der Waals surface area contributed by atoms with Crippen molar-refractivity contribution in [3.8, 4) is 0 Å². The van der Waals surface area contributed by atoms with Crippen LogP contribution in [0.2, 0.25) is 0 Å². The Morgan fingerprint density at radius 3 is 2.71 bits per heavy atom. The molecular weight excluding hydrogens is 348 g/mol. The fourth-order valence-electron chi connectivity index (χ4n) is 2.98. The molecule has 0 saturated carbocycles. The molecule has 0 aromatic rings. The Bertz CT molecular complexity index is 667. The van der Waals surface area contributed by atoms with Crippen molar-refractivity contribution >= 4 is 28.2 Å². The number of nitrogens with one attached hydrogen (secondary N) is 2. The molecule has 0 radical (unpaired) electrons. The van der Waals surface area contributed by atoms with Crippen molar-refractivity contribution in [1.29, 1.82) is 0 Å². The topological polar surface area (TPSA) is 155 Å². The van der Waals surface area contributed by atoms with Gasteiger partial charge in [-0.1, -0.05) is 0 Å². The number of carbonyl (C=O) groups is 3. The van der Waals surface area contributed by atoms with E-state index in [0.29, 0.717) is 11.5 Å². The summed E-state index contributed by atoms with van der Waals surface area (Å²) in [5, 5.41) is 3.11. The van der Waals surface area contributed by atoms with Gasteiger partial charge in [0.15, 0.2) is 0 Å². The quantitative estimate of drug-likeness (QED) is 0.371. The van der Waals surface area contributed by atoms with Gasteiger partial charge in [0.25, 0.3) is 5.91 Å². The Morgan fingerprint density at radius 2 is 2.08 bits per heavy atom. The fraction of sp³-hybridized carbons (Fsp3) is 0.727. The molecule has 3 rings (SSSR count). The molecule has 134 valence electrons. The molecule has 3 aliphatic heterocycles. The number of urea groups is 1. The number of amides is 4. The zero-order chi connectivity index (χ0) is 17.5. The van der Waals surface area contributed by atoms with Crippen LogP contribution in [0.3, 0.4) is 0 Å². The number of hydrogen-bond donors (Lipinski definition) is 3. The predicted molar refractivity (Wildman–Crippen MR) is 74.0 cm³/mol. The molecular formula is C11H16N4O8S. The average Bonchev–Trinajstić information content (AvgIpc) is 3.02. The molecule has 3 atom stereocenters. The van der Waals surface area contributed by atoms with Crippen molar-refractivity contribution in [3.05, 3.63) is 0 Å². The molecule has 24 heavy (non-hydrogen) atoms. The minimum Gasteiger partial charge on any atom is -0.353 e. The third-order valence-electron chi connectivity index (χ3n) is 4.07. The van der Waals surface area contributed by atoms with E-state index in [0.717, 1.165) is 4.90 Å². The van der Waals surface area contributed by atoms with E-state index >= 15 is 0 Å². The van der Waals surface area contributed by atoms with Gasteiger partial charge in [-0.05, 0) is 12.8 Å². The van der Waals surface area contributed by atoms with Crippen molar-refractivity contribution < 1.29 is 36.5 Å². The van der Waals surface area contributed by atoms with E-state index in [9.17, 15) is 22.8 Å². The van der Waals surface area contributed by atoms with Crippen LogP contribution in [0, 0.1) is 0 Å². The SMILES string of the molecule is O=C1CC(ONC(=O)[C@@H]2CCC3CN2C(=O)N3OS(=O)(=O)O)CN1. The molecule has 13 heteroatoms. The smallest absolute Gasteiger partial charge is 0.353 e. The van der Waals surface area contributed by atoms with Crippen LogP contribution in [0.25, 0.3) is 0 Å². The zero-order valence-corrected chi connectivity index (χ0v) is 13.2. The third kappa shape index (κ3) is 3.43. The van der Waals surface area contributed by atoms with E-state index < -0.39 is 40.5 Å². The zero-order valence-electron chi connectivity index (χ0n) is 12.4. The van der Waals surface area contributed by atoms with Gasteiger partial charge in [0.2, 0.25) is 5.91 Å². The number of hydrogen-bond acceptors (Lipinski definition) is 7. The second-order valence-corrected chi connectivity index (χ2v) is 6.73. The highest BCUT2D eigenvalue weighted by molar-refractivity contribution is 7.80. The summed E-state index contributed by atoms with van der Waals surface area (Å²) < 4.78 is 34.6. The lowest BCUT2D eigenvalue weighted by atomic mass is 10.0. The number of fused-ring (bicyclic) bond motifs is 2. The number of carbonyl (C=O) groups excluding carboxylic acids is 3. The fourth-order valence-corrected chi connectivity index (χ4v) is 3.36. The molecule has 4 amide bonds. The van der Waals surface area contributed by atoms with Gasteiger partial charge in [-0.15, -0.1) is 4.28 Å². The van der Waals surface area contributed by atoms with Crippen LogP contribution in [-0.2, 0) is 29.1 Å². The van der Waals surface area contributed by atoms with E-state index in [1.54, 1.807) is 0 Å². The number of hydroxylamine groups is 3. The molecule has 0 aliphatic carbocycles. The molecule has 3 N–H and O–H groups in total. The van der Waals surface area contributed by atoms with Gasteiger partial charge in [0, 0.05) is 13.1 Å². The summed E-state index contributed by atoms with van der Waals surface area (Å²) in [4.78, 5) is 41.7. The Labute approximate surface area is 136 Å². The first-order valence-corrected chi connectivity index (χ1v) is 8.60. The molecule has 2 unspecified atom stereocenters. The van der Waals surface area contributed by atoms with Crippen molar-refractivity contribution in [3.63, 3.8) is 0 Å². The summed E-state index contributed by atoms with van der Waals surface area (Å²) >= 11 is 0. The van der Waals surface area contributed by atoms with Gasteiger partial charge in [0.05, 0.1) is 12.5 Å². The second-order valence-electron chi connectivity index (χ2n) is 5.72. The predicted octanol–water partition coefficient (Wildman–Crippen LogP) is -2.07. The lowest BCUT2D eigenvalue weighted by molar-refractivity contribution is -0.143. The van der Waals surface area contributed by atoms with Gasteiger partial charge in [-0.2, -0.15) is 13.5 Å². The third-order valence-corrected chi connectivity index (χ3v) is 4.42. The number of nitrogens with zero attached hydrogens (tertiary/aromatic N) is 2.